The maximum atomic E-state index is 6.15. The van der Waals surface area contributed by atoms with E-state index in [9.17, 15) is 0 Å². The molecular weight excluding hydrogens is 310 g/mol. The fourth-order valence-corrected chi connectivity index (χ4v) is 4.29. The summed E-state index contributed by atoms with van der Waals surface area (Å²) in [5.74, 6) is 0.792. The van der Waals surface area contributed by atoms with Crippen LogP contribution in [0.4, 0.5) is 6.01 Å². The van der Waals surface area contributed by atoms with Gasteiger partial charge in [0.25, 0.3) is 6.01 Å². The van der Waals surface area contributed by atoms with E-state index in [4.69, 9.17) is 9.40 Å². The van der Waals surface area contributed by atoms with Crippen molar-refractivity contribution in [1.82, 2.24) is 19.7 Å². The van der Waals surface area contributed by atoms with E-state index < -0.39 is 0 Å². The summed E-state index contributed by atoms with van der Waals surface area (Å²) in [6.07, 6.45) is 2.49. The summed E-state index contributed by atoms with van der Waals surface area (Å²) in [7, 11) is 0. The van der Waals surface area contributed by atoms with Crippen molar-refractivity contribution < 1.29 is 4.42 Å². The van der Waals surface area contributed by atoms with Crippen molar-refractivity contribution >= 4 is 28.6 Å². The Kier molecular flexibility index (Phi) is 2.93. The fraction of sp³-hybridized carbons (Fsp3) is 0.438. The monoisotopic (exact) mass is 327 g/mol. The fourth-order valence-electron chi connectivity index (χ4n) is 3.60. The largest absolute Gasteiger partial charge is 0.423 e. The van der Waals surface area contributed by atoms with Crippen LogP contribution < -0.4 is 10.2 Å². The van der Waals surface area contributed by atoms with E-state index in [2.05, 4.69) is 19.6 Å². The number of piperazine rings is 1. The van der Waals surface area contributed by atoms with Crippen LogP contribution in [0.1, 0.15) is 18.7 Å². The minimum atomic E-state index is 0.564. The number of para-hydroxylation sites is 1. The highest BCUT2D eigenvalue weighted by Gasteiger charge is 2.34. The van der Waals surface area contributed by atoms with Gasteiger partial charge in [-0.05, 0) is 43.4 Å². The number of aryl methyl sites for hydroxylation is 1. The Morgan fingerprint density at radius 3 is 2.78 bits per heavy atom. The van der Waals surface area contributed by atoms with E-state index in [0.29, 0.717) is 12.1 Å². The molecule has 2 atom stereocenters. The predicted molar refractivity (Wildman–Crippen MR) is 89.8 cm³/mol. The van der Waals surface area contributed by atoms with E-state index in [0.717, 1.165) is 46.6 Å². The van der Waals surface area contributed by atoms with Crippen LogP contribution in [0.2, 0.25) is 0 Å². The van der Waals surface area contributed by atoms with E-state index >= 15 is 0 Å². The van der Waals surface area contributed by atoms with Gasteiger partial charge in [0, 0.05) is 25.2 Å². The molecule has 2 aliphatic rings. The van der Waals surface area contributed by atoms with Crippen LogP contribution in [-0.4, -0.2) is 39.5 Å². The lowest BCUT2D eigenvalue weighted by molar-refractivity contribution is 0.437. The highest BCUT2D eigenvalue weighted by molar-refractivity contribution is 7.09. The molecule has 0 saturated carbocycles. The predicted octanol–water partition coefficient (Wildman–Crippen LogP) is 2.60. The number of hydrogen-bond donors (Lipinski definition) is 1. The molecule has 4 heterocycles. The molecular formula is C16H17N5OS. The molecule has 3 aromatic rings. The van der Waals surface area contributed by atoms with Gasteiger partial charge in [0.15, 0.2) is 5.58 Å². The van der Waals surface area contributed by atoms with Gasteiger partial charge >= 0.3 is 0 Å². The summed E-state index contributed by atoms with van der Waals surface area (Å²) < 4.78 is 10.4. The van der Waals surface area contributed by atoms with Gasteiger partial charge in [0.05, 0.1) is 5.56 Å². The molecule has 2 bridgehead atoms. The lowest BCUT2D eigenvalue weighted by Gasteiger charge is -2.31. The number of hydrogen-bond acceptors (Lipinski definition) is 7. The van der Waals surface area contributed by atoms with Crippen LogP contribution in [0.15, 0.2) is 22.6 Å². The first-order valence-corrected chi connectivity index (χ1v) is 8.75. The molecule has 23 heavy (non-hydrogen) atoms. The smallest absolute Gasteiger partial charge is 0.298 e. The summed E-state index contributed by atoms with van der Waals surface area (Å²) in [5, 5.41) is 4.52. The Morgan fingerprint density at radius 1 is 1.22 bits per heavy atom. The van der Waals surface area contributed by atoms with Gasteiger partial charge in [-0.15, -0.1) is 0 Å². The molecule has 118 valence electrons. The zero-order valence-corrected chi connectivity index (χ0v) is 13.6. The normalized spacial score (nSPS) is 23.8. The molecule has 2 saturated heterocycles. The first kappa shape index (κ1) is 13.4. The maximum Gasteiger partial charge on any atom is 0.298 e. The first-order valence-electron chi connectivity index (χ1n) is 7.97. The summed E-state index contributed by atoms with van der Waals surface area (Å²) in [5.41, 5.74) is 2.67. The number of oxazole rings is 1. The summed E-state index contributed by atoms with van der Waals surface area (Å²) in [4.78, 5) is 11.5. The van der Waals surface area contributed by atoms with E-state index in [1.165, 1.54) is 24.4 Å². The standard InChI is InChI=1S/C16H17N5OS/c1-9-17-15(23-20-9)12-3-2-4-13-14(12)22-16(19-13)21-7-10-5-6-11(8-21)18-10/h2-4,10-11,18H,5-8H2,1H3. The van der Waals surface area contributed by atoms with Crippen LogP contribution in [0.25, 0.3) is 21.7 Å². The van der Waals surface area contributed by atoms with Crippen LogP contribution in [0, 0.1) is 6.92 Å². The van der Waals surface area contributed by atoms with Gasteiger partial charge in [-0.1, -0.05) is 6.07 Å². The number of rotatable bonds is 2. The molecule has 2 fully saturated rings. The number of nitrogens with zero attached hydrogens (tertiary/aromatic N) is 4. The molecule has 5 rings (SSSR count). The third-order valence-corrected chi connectivity index (χ3v) is 5.49. The SMILES string of the molecule is Cc1nsc(-c2cccc3nc(N4CC5CCC(C4)N5)oc23)n1. The Hall–Kier alpha value is -1.99. The van der Waals surface area contributed by atoms with Crippen molar-refractivity contribution in [2.45, 2.75) is 31.8 Å². The van der Waals surface area contributed by atoms with E-state index in [1.807, 2.05) is 25.1 Å². The van der Waals surface area contributed by atoms with Crippen molar-refractivity contribution in [3.63, 3.8) is 0 Å². The maximum absolute atomic E-state index is 6.15. The van der Waals surface area contributed by atoms with Crippen molar-refractivity contribution in [3.05, 3.63) is 24.0 Å². The van der Waals surface area contributed by atoms with Gasteiger partial charge in [-0.2, -0.15) is 9.36 Å². The molecule has 1 aromatic carbocycles. The molecule has 0 aliphatic carbocycles. The minimum Gasteiger partial charge on any atom is -0.423 e. The molecule has 1 N–H and O–H groups in total. The number of anilines is 1. The van der Waals surface area contributed by atoms with Gasteiger partial charge in [0.1, 0.15) is 16.3 Å². The molecule has 2 aromatic heterocycles. The second-order valence-electron chi connectivity index (χ2n) is 6.34. The third kappa shape index (κ3) is 2.22. The second-order valence-corrected chi connectivity index (χ2v) is 7.09. The van der Waals surface area contributed by atoms with Crippen LogP contribution in [-0.2, 0) is 0 Å². The molecule has 0 radical (unpaired) electrons. The van der Waals surface area contributed by atoms with Crippen molar-refractivity contribution in [2.24, 2.45) is 0 Å². The average Bonchev–Trinajstić information content (AvgIpc) is 3.25. The van der Waals surface area contributed by atoms with Crippen LogP contribution in [0.3, 0.4) is 0 Å². The Bertz CT molecular complexity index is 860. The van der Waals surface area contributed by atoms with Crippen molar-refractivity contribution in [1.29, 1.82) is 0 Å². The van der Waals surface area contributed by atoms with Gasteiger partial charge in [-0.3, -0.25) is 0 Å². The summed E-state index contributed by atoms with van der Waals surface area (Å²) >= 11 is 1.40. The van der Waals surface area contributed by atoms with Crippen molar-refractivity contribution in [2.75, 3.05) is 18.0 Å². The lowest BCUT2D eigenvalue weighted by Crippen LogP contribution is -2.51. The Labute approximate surface area is 137 Å². The van der Waals surface area contributed by atoms with Crippen LogP contribution >= 0.6 is 11.5 Å². The number of benzene rings is 1. The van der Waals surface area contributed by atoms with E-state index in [-0.39, 0.29) is 0 Å². The zero-order valence-electron chi connectivity index (χ0n) is 12.8. The number of fused-ring (bicyclic) bond motifs is 3. The van der Waals surface area contributed by atoms with Gasteiger partial charge in [0.2, 0.25) is 0 Å². The second kappa shape index (κ2) is 5.01. The summed E-state index contributed by atoms with van der Waals surface area (Å²) in [6.45, 7) is 3.84. The third-order valence-electron chi connectivity index (χ3n) is 4.65. The zero-order chi connectivity index (χ0) is 15.4. The minimum absolute atomic E-state index is 0.564. The van der Waals surface area contributed by atoms with Gasteiger partial charge in [-0.25, -0.2) is 4.98 Å². The van der Waals surface area contributed by atoms with Gasteiger partial charge < -0.3 is 14.6 Å². The van der Waals surface area contributed by atoms with Crippen LogP contribution in [0.5, 0.6) is 0 Å². The average molecular weight is 327 g/mol. The quantitative estimate of drug-likeness (QED) is 0.780. The molecule has 7 heteroatoms. The molecule has 2 unspecified atom stereocenters. The van der Waals surface area contributed by atoms with Crippen molar-refractivity contribution in [3.8, 4) is 10.6 Å². The molecule has 6 nitrogen and oxygen atoms in total. The Morgan fingerprint density at radius 2 is 2.04 bits per heavy atom. The molecule has 0 amide bonds. The number of aromatic nitrogens is 3. The highest BCUT2D eigenvalue weighted by Crippen LogP contribution is 2.34. The molecule has 2 aliphatic heterocycles. The highest BCUT2D eigenvalue weighted by atomic mass is 32.1. The topological polar surface area (TPSA) is 67.1 Å². The number of nitrogens with one attached hydrogen (secondary N) is 1. The van der Waals surface area contributed by atoms with E-state index in [1.54, 1.807) is 0 Å². The Balaban J connectivity index is 1.57. The first-order chi connectivity index (χ1) is 11.3. The summed E-state index contributed by atoms with van der Waals surface area (Å²) in [6, 6.07) is 7.88. The molecule has 0 spiro atoms. The lowest BCUT2D eigenvalue weighted by atomic mass is 10.2.